The Bertz CT molecular complexity index is 514. The fourth-order valence-electron chi connectivity index (χ4n) is 1.89. The second-order valence-electron chi connectivity index (χ2n) is 6.20. The Morgan fingerprint density at radius 1 is 1.24 bits per heavy atom. The summed E-state index contributed by atoms with van der Waals surface area (Å²) < 4.78 is 0. The largest absolute Gasteiger partial charge is 0.296 e. The first-order valence-corrected chi connectivity index (χ1v) is 8.02. The van der Waals surface area contributed by atoms with Crippen LogP contribution in [0.5, 0.6) is 0 Å². The van der Waals surface area contributed by atoms with Gasteiger partial charge < -0.3 is 0 Å². The number of nitrogens with zero attached hydrogens (tertiary/aromatic N) is 1. The van der Waals surface area contributed by atoms with Crippen LogP contribution in [0.1, 0.15) is 38.8 Å². The topological polar surface area (TPSA) is 3.24 Å². The number of allylic oxidation sites excluding steroid dienone is 1. The summed E-state index contributed by atoms with van der Waals surface area (Å²) in [5.41, 5.74) is 2.55. The van der Waals surface area contributed by atoms with E-state index in [9.17, 15) is 0 Å². The number of likely N-dealkylation sites (N-methyl/N-ethyl adjacent to an activating group) is 1. The lowest BCUT2D eigenvalue weighted by Crippen LogP contribution is -2.22. The van der Waals surface area contributed by atoms with Gasteiger partial charge >= 0.3 is 0 Å². The second kappa shape index (κ2) is 8.93. The van der Waals surface area contributed by atoms with Gasteiger partial charge in [-0.1, -0.05) is 49.1 Å². The number of hydrogen-bond acceptors (Lipinski definition) is 1. The van der Waals surface area contributed by atoms with Crippen LogP contribution in [-0.2, 0) is 12.4 Å². The van der Waals surface area contributed by atoms with Crippen LogP contribution in [0.3, 0.4) is 0 Å². The Morgan fingerprint density at radius 2 is 1.95 bits per heavy atom. The van der Waals surface area contributed by atoms with Crippen molar-refractivity contribution >= 4 is 11.6 Å². The molecule has 0 aliphatic carbocycles. The molecule has 0 aliphatic rings. The minimum Gasteiger partial charge on any atom is -0.296 e. The standard InChI is InChI=1S/C19H26ClN/c1-5-21(13-8-6-7-12-19(2,3)4)16-18-11-9-10-17(14-18)15-20/h6,8-11,14H,5,13,15-16H2,1-4H3. The van der Waals surface area contributed by atoms with E-state index in [-0.39, 0.29) is 5.41 Å². The summed E-state index contributed by atoms with van der Waals surface area (Å²) in [6.07, 6.45) is 4.09. The van der Waals surface area contributed by atoms with Crippen molar-refractivity contribution in [2.75, 3.05) is 13.1 Å². The van der Waals surface area contributed by atoms with E-state index >= 15 is 0 Å². The van der Waals surface area contributed by atoms with Crippen molar-refractivity contribution in [1.82, 2.24) is 4.90 Å². The van der Waals surface area contributed by atoms with Crippen LogP contribution in [0, 0.1) is 17.3 Å². The molecule has 0 aliphatic heterocycles. The van der Waals surface area contributed by atoms with Crippen molar-refractivity contribution in [3.05, 3.63) is 47.5 Å². The van der Waals surface area contributed by atoms with E-state index in [2.05, 4.69) is 74.8 Å². The van der Waals surface area contributed by atoms with Gasteiger partial charge in [-0.25, -0.2) is 0 Å². The summed E-state index contributed by atoms with van der Waals surface area (Å²) in [6, 6.07) is 8.47. The minimum atomic E-state index is 0.0663. The zero-order valence-electron chi connectivity index (χ0n) is 13.6. The second-order valence-corrected chi connectivity index (χ2v) is 6.47. The highest BCUT2D eigenvalue weighted by Crippen LogP contribution is 2.11. The Kier molecular flexibility index (Phi) is 7.57. The number of rotatable bonds is 6. The molecule has 0 spiro atoms. The summed E-state index contributed by atoms with van der Waals surface area (Å²) >= 11 is 5.88. The molecule has 0 fully saturated rings. The third-order valence-electron chi connectivity index (χ3n) is 3.01. The Labute approximate surface area is 135 Å². The molecule has 0 saturated heterocycles. The fourth-order valence-corrected chi connectivity index (χ4v) is 2.06. The first-order valence-electron chi connectivity index (χ1n) is 7.48. The third kappa shape index (κ3) is 7.95. The summed E-state index contributed by atoms with van der Waals surface area (Å²) in [5.74, 6) is 6.89. The van der Waals surface area contributed by atoms with Crippen molar-refractivity contribution in [2.24, 2.45) is 5.41 Å². The number of benzene rings is 1. The Balaban J connectivity index is 2.55. The van der Waals surface area contributed by atoms with Crippen molar-refractivity contribution in [3.63, 3.8) is 0 Å². The quantitative estimate of drug-likeness (QED) is 0.536. The number of alkyl halides is 1. The maximum atomic E-state index is 5.88. The van der Waals surface area contributed by atoms with Crippen LogP contribution < -0.4 is 0 Å². The summed E-state index contributed by atoms with van der Waals surface area (Å²) in [6.45, 7) is 11.4. The first-order chi connectivity index (χ1) is 9.94. The van der Waals surface area contributed by atoms with Gasteiger partial charge in [-0.3, -0.25) is 4.90 Å². The summed E-state index contributed by atoms with van der Waals surface area (Å²) in [7, 11) is 0. The molecule has 0 unspecified atom stereocenters. The van der Waals surface area contributed by atoms with E-state index in [0.29, 0.717) is 5.88 Å². The van der Waals surface area contributed by atoms with Crippen LogP contribution in [0.25, 0.3) is 0 Å². The average molecular weight is 304 g/mol. The summed E-state index contributed by atoms with van der Waals surface area (Å²) in [5, 5.41) is 0. The Morgan fingerprint density at radius 3 is 2.57 bits per heavy atom. The van der Waals surface area contributed by atoms with Gasteiger partial charge in [-0.05, 0) is 44.5 Å². The minimum absolute atomic E-state index is 0.0663. The van der Waals surface area contributed by atoms with E-state index in [1.54, 1.807) is 0 Å². The smallest absolute Gasteiger partial charge is 0.0474 e. The molecular weight excluding hydrogens is 278 g/mol. The van der Waals surface area contributed by atoms with Gasteiger partial charge in [0.2, 0.25) is 0 Å². The zero-order valence-corrected chi connectivity index (χ0v) is 14.4. The van der Waals surface area contributed by atoms with Crippen LogP contribution in [0.4, 0.5) is 0 Å². The lowest BCUT2D eigenvalue weighted by molar-refractivity contribution is 0.311. The number of hydrogen-bond donors (Lipinski definition) is 0. The van der Waals surface area contributed by atoms with Crippen LogP contribution in [-0.4, -0.2) is 18.0 Å². The maximum absolute atomic E-state index is 5.88. The van der Waals surface area contributed by atoms with Gasteiger partial charge in [0.25, 0.3) is 0 Å². The van der Waals surface area contributed by atoms with Gasteiger partial charge in [0, 0.05) is 24.4 Å². The van der Waals surface area contributed by atoms with Gasteiger partial charge in [-0.2, -0.15) is 0 Å². The van der Waals surface area contributed by atoms with Gasteiger partial charge in [0.15, 0.2) is 0 Å². The molecule has 114 valence electrons. The third-order valence-corrected chi connectivity index (χ3v) is 3.32. The molecule has 1 aromatic carbocycles. The highest BCUT2D eigenvalue weighted by molar-refractivity contribution is 6.17. The van der Waals surface area contributed by atoms with E-state index in [4.69, 9.17) is 11.6 Å². The van der Waals surface area contributed by atoms with Crippen LogP contribution in [0.2, 0.25) is 0 Å². The van der Waals surface area contributed by atoms with E-state index in [1.807, 2.05) is 6.08 Å². The predicted octanol–water partition coefficient (Wildman–Crippen LogP) is 4.85. The molecule has 0 saturated carbocycles. The molecular formula is C19H26ClN. The molecule has 2 heteroatoms. The molecule has 0 heterocycles. The fraction of sp³-hybridized carbons (Fsp3) is 0.474. The summed E-state index contributed by atoms with van der Waals surface area (Å²) in [4.78, 5) is 2.38. The molecule has 0 amide bonds. The van der Waals surface area contributed by atoms with E-state index in [1.165, 1.54) is 11.1 Å². The number of halogens is 1. The van der Waals surface area contributed by atoms with Crippen molar-refractivity contribution in [3.8, 4) is 11.8 Å². The molecule has 0 bridgehead atoms. The molecule has 0 aromatic heterocycles. The lowest BCUT2D eigenvalue weighted by atomic mass is 9.98. The zero-order chi connectivity index (χ0) is 15.7. The van der Waals surface area contributed by atoms with Crippen molar-refractivity contribution in [1.29, 1.82) is 0 Å². The molecule has 1 rings (SSSR count). The van der Waals surface area contributed by atoms with Gasteiger partial charge in [0.05, 0.1) is 0 Å². The van der Waals surface area contributed by atoms with Crippen molar-refractivity contribution < 1.29 is 0 Å². The molecule has 0 N–H and O–H groups in total. The predicted molar refractivity (Wildman–Crippen MR) is 93.3 cm³/mol. The molecule has 21 heavy (non-hydrogen) atoms. The normalized spacial score (nSPS) is 11.7. The molecule has 1 aromatic rings. The SMILES string of the molecule is CCN(CC=CC#CC(C)(C)C)Cc1cccc(CCl)c1. The monoisotopic (exact) mass is 303 g/mol. The van der Waals surface area contributed by atoms with Gasteiger partial charge in [0.1, 0.15) is 0 Å². The van der Waals surface area contributed by atoms with Gasteiger partial charge in [-0.15, -0.1) is 11.6 Å². The molecule has 1 nitrogen and oxygen atoms in total. The average Bonchev–Trinajstić information content (AvgIpc) is 2.44. The molecule has 0 atom stereocenters. The highest BCUT2D eigenvalue weighted by atomic mass is 35.5. The van der Waals surface area contributed by atoms with Crippen molar-refractivity contribution in [2.45, 2.75) is 40.1 Å². The highest BCUT2D eigenvalue weighted by Gasteiger charge is 2.03. The molecule has 0 radical (unpaired) electrons. The lowest BCUT2D eigenvalue weighted by Gasteiger charge is -2.18. The van der Waals surface area contributed by atoms with Crippen LogP contribution in [0.15, 0.2) is 36.4 Å². The van der Waals surface area contributed by atoms with E-state index in [0.717, 1.165) is 19.6 Å². The maximum Gasteiger partial charge on any atom is 0.0474 e. The van der Waals surface area contributed by atoms with E-state index < -0.39 is 0 Å². The first kappa shape index (κ1) is 17.8. The van der Waals surface area contributed by atoms with Crippen LogP contribution >= 0.6 is 11.6 Å². The Hall–Kier alpha value is -1.23.